The normalized spacial score (nSPS) is 30.3. The minimum Gasteiger partial charge on any atom is -0.444 e. The molecular formula is C17H29NO3. The Kier molecular flexibility index (Phi) is 4.95. The van der Waals surface area contributed by atoms with Gasteiger partial charge in [-0.05, 0) is 46.0 Å². The fraction of sp³-hybridized carbons (Fsp3) is 0.882. The van der Waals surface area contributed by atoms with Crippen molar-refractivity contribution in [2.24, 2.45) is 17.8 Å². The maximum Gasteiger partial charge on any atom is 0.410 e. The molecule has 4 nitrogen and oxygen atoms in total. The predicted molar refractivity (Wildman–Crippen MR) is 82.0 cm³/mol. The van der Waals surface area contributed by atoms with Crippen LogP contribution in [0.15, 0.2) is 0 Å². The molecule has 3 unspecified atom stereocenters. The third-order valence-corrected chi connectivity index (χ3v) is 4.58. The number of rotatable bonds is 2. The number of likely N-dealkylation sites (tertiary alicyclic amines) is 1. The molecule has 1 amide bonds. The van der Waals surface area contributed by atoms with Crippen molar-refractivity contribution in [1.29, 1.82) is 0 Å². The summed E-state index contributed by atoms with van der Waals surface area (Å²) >= 11 is 0. The summed E-state index contributed by atoms with van der Waals surface area (Å²) in [7, 11) is 0. The lowest BCUT2D eigenvalue weighted by atomic mass is 9.77. The maximum atomic E-state index is 12.6. The van der Waals surface area contributed by atoms with Gasteiger partial charge < -0.3 is 9.64 Å². The molecule has 1 heterocycles. The Hall–Kier alpha value is -1.06. The smallest absolute Gasteiger partial charge is 0.410 e. The Labute approximate surface area is 128 Å². The standard InChI is InChI=1S/C17H29NO3/c1-12-6-5-7-13(10-12)15(19)14-8-9-18(11-14)16(20)21-17(2,3)4/h12-14H,5-11H2,1-4H3. The first-order valence-corrected chi connectivity index (χ1v) is 8.28. The van der Waals surface area contributed by atoms with Gasteiger partial charge in [-0.15, -0.1) is 0 Å². The van der Waals surface area contributed by atoms with Crippen LogP contribution in [0.1, 0.15) is 59.8 Å². The van der Waals surface area contributed by atoms with Crippen LogP contribution in [0.5, 0.6) is 0 Å². The lowest BCUT2D eigenvalue weighted by Crippen LogP contribution is -2.36. The number of hydrogen-bond acceptors (Lipinski definition) is 3. The summed E-state index contributed by atoms with van der Waals surface area (Å²) in [4.78, 5) is 26.4. The van der Waals surface area contributed by atoms with Crippen molar-refractivity contribution in [1.82, 2.24) is 4.90 Å². The second-order valence-electron chi connectivity index (χ2n) is 7.78. The van der Waals surface area contributed by atoms with Crippen molar-refractivity contribution in [3.63, 3.8) is 0 Å². The van der Waals surface area contributed by atoms with E-state index in [0.29, 0.717) is 24.8 Å². The van der Waals surface area contributed by atoms with Crippen LogP contribution in [0.2, 0.25) is 0 Å². The summed E-state index contributed by atoms with van der Waals surface area (Å²) in [5, 5.41) is 0. The number of ether oxygens (including phenoxy) is 1. The molecule has 0 aromatic carbocycles. The quantitative estimate of drug-likeness (QED) is 0.781. The molecule has 21 heavy (non-hydrogen) atoms. The number of carbonyl (C=O) groups excluding carboxylic acids is 2. The van der Waals surface area contributed by atoms with Gasteiger partial charge >= 0.3 is 6.09 Å². The van der Waals surface area contributed by atoms with Gasteiger partial charge in [-0.2, -0.15) is 0 Å². The molecule has 2 aliphatic rings. The molecule has 1 saturated carbocycles. The molecule has 3 atom stereocenters. The third-order valence-electron chi connectivity index (χ3n) is 4.58. The van der Waals surface area contributed by atoms with Crippen molar-refractivity contribution in [3.05, 3.63) is 0 Å². The Bertz CT molecular complexity index is 399. The summed E-state index contributed by atoms with van der Waals surface area (Å²) in [6.07, 6.45) is 4.99. The molecule has 0 bridgehead atoms. The monoisotopic (exact) mass is 295 g/mol. The van der Waals surface area contributed by atoms with Gasteiger partial charge in [0.05, 0.1) is 0 Å². The zero-order valence-electron chi connectivity index (χ0n) is 13.9. The molecule has 1 aliphatic carbocycles. The van der Waals surface area contributed by atoms with Crippen LogP contribution in [0.4, 0.5) is 4.79 Å². The highest BCUT2D eigenvalue weighted by molar-refractivity contribution is 5.85. The van der Waals surface area contributed by atoms with Crippen LogP contribution in [-0.4, -0.2) is 35.5 Å². The molecule has 1 saturated heterocycles. The molecule has 0 spiro atoms. The van der Waals surface area contributed by atoms with E-state index in [1.165, 1.54) is 12.8 Å². The molecule has 4 heteroatoms. The fourth-order valence-electron chi connectivity index (χ4n) is 3.51. The summed E-state index contributed by atoms with van der Waals surface area (Å²) in [6, 6.07) is 0. The van der Waals surface area contributed by atoms with Gasteiger partial charge in [0.1, 0.15) is 11.4 Å². The first-order valence-electron chi connectivity index (χ1n) is 8.28. The summed E-state index contributed by atoms with van der Waals surface area (Å²) < 4.78 is 5.39. The Balaban J connectivity index is 1.87. The van der Waals surface area contributed by atoms with Crippen molar-refractivity contribution in [3.8, 4) is 0 Å². The first-order chi connectivity index (χ1) is 9.76. The van der Waals surface area contributed by atoms with E-state index >= 15 is 0 Å². The van der Waals surface area contributed by atoms with Crippen LogP contribution in [0.3, 0.4) is 0 Å². The van der Waals surface area contributed by atoms with E-state index in [4.69, 9.17) is 4.74 Å². The molecule has 2 rings (SSSR count). The number of amides is 1. The molecule has 0 aromatic rings. The van der Waals surface area contributed by atoms with Gasteiger partial charge in [0, 0.05) is 24.9 Å². The van der Waals surface area contributed by atoms with Crippen LogP contribution < -0.4 is 0 Å². The van der Waals surface area contributed by atoms with Crippen molar-refractivity contribution >= 4 is 11.9 Å². The largest absolute Gasteiger partial charge is 0.444 e. The number of carbonyl (C=O) groups is 2. The van der Waals surface area contributed by atoms with Crippen LogP contribution in [-0.2, 0) is 9.53 Å². The van der Waals surface area contributed by atoms with Gasteiger partial charge in [-0.25, -0.2) is 4.79 Å². The van der Waals surface area contributed by atoms with E-state index in [9.17, 15) is 9.59 Å². The van der Waals surface area contributed by atoms with Crippen molar-refractivity contribution in [2.75, 3.05) is 13.1 Å². The molecule has 1 aliphatic heterocycles. The van der Waals surface area contributed by atoms with Gasteiger partial charge in [0.25, 0.3) is 0 Å². The Morgan fingerprint density at radius 3 is 2.43 bits per heavy atom. The van der Waals surface area contributed by atoms with Gasteiger partial charge in [0.15, 0.2) is 0 Å². The SMILES string of the molecule is CC1CCCC(C(=O)C2CCN(C(=O)OC(C)(C)C)C2)C1. The number of nitrogens with zero attached hydrogens (tertiary/aromatic N) is 1. The molecule has 0 aromatic heterocycles. The summed E-state index contributed by atoms with van der Waals surface area (Å²) in [5.74, 6) is 1.29. The van der Waals surface area contributed by atoms with E-state index in [1.54, 1.807) is 4.90 Å². The van der Waals surface area contributed by atoms with Crippen LogP contribution in [0.25, 0.3) is 0 Å². The summed E-state index contributed by atoms with van der Waals surface area (Å²) in [6.45, 7) is 9.03. The van der Waals surface area contributed by atoms with Gasteiger partial charge in [-0.3, -0.25) is 4.79 Å². The number of Topliss-reactive ketones (excluding diaryl/α,β-unsaturated/α-hetero) is 1. The highest BCUT2D eigenvalue weighted by Crippen LogP contribution is 2.33. The number of hydrogen-bond donors (Lipinski definition) is 0. The second-order valence-corrected chi connectivity index (χ2v) is 7.78. The zero-order chi connectivity index (χ0) is 15.6. The maximum absolute atomic E-state index is 12.6. The molecule has 120 valence electrons. The van der Waals surface area contributed by atoms with Crippen LogP contribution >= 0.6 is 0 Å². The molecule has 0 radical (unpaired) electrons. The van der Waals surface area contributed by atoms with E-state index in [2.05, 4.69) is 6.92 Å². The average Bonchev–Trinajstić information content (AvgIpc) is 2.85. The molecule has 2 fully saturated rings. The zero-order valence-corrected chi connectivity index (χ0v) is 13.9. The Morgan fingerprint density at radius 2 is 1.81 bits per heavy atom. The van der Waals surface area contributed by atoms with Crippen molar-refractivity contribution < 1.29 is 14.3 Å². The Morgan fingerprint density at radius 1 is 1.10 bits per heavy atom. The fourth-order valence-corrected chi connectivity index (χ4v) is 3.51. The van der Waals surface area contributed by atoms with Crippen molar-refractivity contribution in [2.45, 2.75) is 65.4 Å². The van der Waals surface area contributed by atoms with E-state index in [-0.39, 0.29) is 17.9 Å². The van der Waals surface area contributed by atoms with E-state index in [0.717, 1.165) is 19.3 Å². The lowest BCUT2D eigenvalue weighted by molar-refractivity contribution is -0.127. The van der Waals surface area contributed by atoms with E-state index in [1.807, 2.05) is 20.8 Å². The average molecular weight is 295 g/mol. The van der Waals surface area contributed by atoms with Crippen LogP contribution in [0, 0.1) is 17.8 Å². The highest BCUT2D eigenvalue weighted by Gasteiger charge is 2.37. The molecule has 0 N–H and O–H groups in total. The topological polar surface area (TPSA) is 46.6 Å². The third kappa shape index (κ3) is 4.45. The minimum atomic E-state index is -0.474. The number of ketones is 1. The van der Waals surface area contributed by atoms with Gasteiger partial charge in [0.2, 0.25) is 0 Å². The lowest BCUT2D eigenvalue weighted by Gasteiger charge is -2.28. The second kappa shape index (κ2) is 6.37. The predicted octanol–water partition coefficient (Wildman–Crippen LogP) is 3.64. The van der Waals surface area contributed by atoms with Gasteiger partial charge in [-0.1, -0.05) is 19.8 Å². The highest BCUT2D eigenvalue weighted by atomic mass is 16.6. The van der Waals surface area contributed by atoms with E-state index < -0.39 is 5.60 Å². The first kappa shape index (κ1) is 16.3. The summed E-state index contributed by atoms with van der Waals surface area (Å²) in [5.41, 5.74) is -0.474. The molecular weight excluding hydrogens is 266 g/mol. The minimum absolute atomic E-state index is 0.0211.